The summed E-state index contributed by atoms with van der Waals surface area (Å²) in [5.41, 5.74) is 2.73. The molecule has 4 aliphatic rings. The van der Waals surface area contributed by atoms with Crippen molar-refractivity contribution in [2.75, 3.05) is 11.5 Å². The van der Waals surface area contributed by atoms with Crippen LogP contribution in [0.25, 0.3) is 0 Å². The first-order valence-electron chi connectivity index (χ1n) is 24.4. The van der Waals surface area contributed by atoms with E-state index in [1.165, 1.54) is 0 Å². The Labute approximate surface area is 453 Å². The number of sulfone groups is 2. The average molecular weight is 1140 g/mol. The zero-order valence-electron chi connectivity index (χ0n) is 41.9. The molecule has 8 rings (SSSR count). The molecule has 2 aliphatic carbocycles. The number of nitrogens with zero attached hydrogens (tertiary/aromatic N) is 2. The second kappa shape index (κ2) is 22.8. The molecule has 0 unspecified atom stereocenters. The summed E-state index contributed by atoms with van der Waals surface area (Å²) in [5, 5.41) is 21.1. The minimum absolute atomic E-state index is 0.0144. The van der Waals surface area contributed by atoms with Crippen LogP contribution in [0.5, 0.6) is 0 Å². The Hall–Kier alpha value is -4.26. The predicted octanol–water partition coefficient (Wildman–Crippen LogP) is 10.9. The van der Waals surface area contributed by atoms with Gasteiger partial charge in [-0.1, -0.05) is 94.9 Å². The summed E-state index contributed by atoms with van der Waals surface area (Å²) in [6.45, 7) is 9.87. The number of carboxylic acids is 2. The molecule has 4 aromatic rings. The molecule has 0 aromatic heterocycles. The average Bonchev–Trinajstić information content (AvgIpc) is 4.24. The third kappa shape index (κ3) is 13.5. The second-order valence-electron chi connectivity index (χ2n) is 21.5. The summed E-state index contributed by atoms with van der Waals surface area (Å²) in [6.07, 6.45) is -2.04. The van der Waals surface area contributed by atoms with E-state index in [0.29, 0.717) is 42.3 Å². The summed E-state index contributed by atoms with van der Waals surface area (Å²) < 4.78 is 64.0. The van der Waals surface area contributed by atoms with E-state index < -0.39 is 114 Å². The van der Waals surface area contributed by atoms with Gasteiger partial charge in [0.15, 0.2) is 19.7 Å². The number of hydrogen-bond donors (Lipinski definition) is 2. The summed E-state index contributed by atoms with van der Waals surface area (Å²) in [6, 6.07) is 25.3. The van der Waals surface area contributed by atoms with E-state index in [9.17, 15) is 46.2 Å². The number of rotatable bonds is 16. The lowest BCUT2D eigenvalue weighted by Crippen LogP contribution is -2.58. The van der Waals surface area contributed by atoms with Crippen LogP contribution in [0.15, 0.2) is 97.1 Å². The number of ether oxygens (including phenoxy) is 2. The van der Waals surface area contributed by atoms with Crippen LogP contribution in [0.1, 0.15) is 127 Å². The van der Waals surface area contributed by atoms with E-state index in [1.807, 2.05) is 12.1 Å². The van der Waals surface area contributed by atoms with Crippen molar-refractivity contribution in [2.24, 2.45) is 11.8 Å². The number of hydrogen-bond acceptors (Lipinski definition) is 10. The van der Waals surface area contributed by atoms with E-state index in [0.717, 1.165) is 25.7 Å². The van der Waals surface area contributed by atoms with Crippen molar-refractivity contribution < 1.29 is 55.7 Å². The highest BCUT2D eigenvalue weighted by molar-refractivity contribution is 7.93. The molecule has 74 heavy (non-hydrogen) atoms. The smallest absolute Gasteiger partial charge is 0.306 e. The fourth-order valence-corrected chi connectivity index (χ4v) is 12.9. The van der Waals surface area contributed by atoms with E-state index in [4.69, 9.17) is 55.9 Å². The summed E-state index contributed by atoms with van der Waals surface area (Å²) >= 11 is 24.9. The number of carbonyl (C=O) groups is 4. The largest absolute Gasteiger partial charge is 0.481 e. The Morgan fingerprint density at radius 2 is 0.865 bits per heavy atom. The molecule has 2 amide bonds. The van der Waals surface area contributed by atoms with E-state index >= 15 is 0 Å². The molecule has 0 radical (unpaired) electrons. The van der Waals surface area contributed by atoms with Gasteiger partial charge in [0.25, 0.3) is 11.8 Å². The predicted molar refractivity (Wildman–Crippen MR) is 285 cm³/mol. The zero-order chi connectivity index (χ0) is 54.2. The highest BCUT2D eigenvalue weighted by Crippen LogP contribution is 2.51. The van der Waals surface area contributed by atoms with E-state index in [2.05, 4.69) is 0 Å². The molecule has 2 saturated carbocycles. The van der Waals surface area contributed by atoms with Crippen molar-refractivity contribution in [2.45, 2.75) is 138 Å². The molecular formula is C54H62Cl4N2O12S2. The van der Waals surface area contributed by atoms with Crippen LogP contribution in [-0.4, -0.2) is 106 Å². The van der Waals surface area contributed by atoms with Crippen molar-refractivity contribution in [3.63, 3.8) is 0 Å². The first-order chi connectivity index (χ1) is 34.6. The zero-order valence-corrected chi connectivity index (χ0v) is 46.5. The van der Waals surface area contributed by atoms with Crippen LogP contribution in [0.3, 0.4) is 0 Å². The number of amides is 2. The van der Waals surface area contributed by atoms with Crippen LogP contribution in [0.2, 0.25) is 20.1 Å². The first-order valence-corrected chi connectivity index (χ1v) is 29.2. The highest BCUT2D eigenvalue weighted by atomic mass is 35.5. The molecule has 2 aliphatic heterocycles. The number of aliphatic carboxylic acids is 2. The standard InChI is InChI=1S/2C27H31Cl2NO6S/c2*1-27(2,3)37(34,35)15-21(16-7-8-16)30-24(17-9-11-19(28)12-10-17)25(18-5-4-6-20(29)13-18)36-22(26(30)33)14-23(31)32/h2*4-6,9-13,16,21-22,24-25H,7-8,14-15H2,1-3H3,(H,31,32)/t21-,22+,24-,25-;21-,22-,24-,25-/m11/s1. The molecule has 0 spiro atoms. The molecule has 2 heterocycles. The van der Waals surface area contributed by atoms with Gasteiger partial charge in [0.1, 0.15) is 24.4 Å². The van der Waals surface area contributed by atoms with Crippen LogP contribution in [0, 0.1) is 11.8 Å². The number of halogens is 4. The lowest BCUT2D eigenvalue weighted by atomic mass is 9.89. The third-order valence-electron chi connectivity index (χ3n) is 14.0. The SMILES string of the molecule is CC(C)(C)S(=O)(=O)C[C@H](C1CC1)N1C(=O)[C@@H](CC(=O)O)O[C@H](c2cccc(Cl)c2)[C@H]1c1ccc(Cl)cc1.CC(C)(C)S(=O)(=O)C[C@H](C1CC1)N1C(=O)[C@H](CC(=O)O)O[C@H](c2cccc(Cl)c2)[C@H]1c1ccc(Cl)cc1. The Balaban J connectivity index is 0.000000216. The fourth-order valence-electron chi connectivity index (χ4n) is 9.52. The van der Waals surface area contributed by atoms with Crippen molar-refractivity contribution in [3.8, 4) is 0 Å². The Kier molecular flexibility index (Phi) is 17.7. The van der Waals surface area contributed by atoms with Crippen LogP contribution in [0.4, 0.5) is 0 Å². The Morgan fingerprint density at radius 3 is 1.14 bits per heavy atom. The van der Waals surface area contributed by atoms with Gasteiger partial charge in [0.2, 0.25) is 0 Å². The van der Waals surface area contributed by atoms with Gasteiger partial charge >= 0.3 is 11.9 Å². The fraction of sp³-hybridized carbons (Fsp3) is 0.481. The van der Waals surface area contributed by atoms with Gasteiger partial charge in [0.05, 0.1) is 45.9 Å². The monoisotopic (exact) mass is 1130 g/mol. The topological polar surface area (TPSA) is 202 Å². The molecule has 4 fully saturated rings. The molecule has 20 heteroatoms. The Bertz CT molecular complexity index is 2740. The van der Waals surface area contributed by atoms with Gasteiger partial charge < -0.3 is 29.5 Å². The second-order valence-corrected chi connectivity index (χ2v) is 28.8. The molecule has 400 valence electrons. The Morgan fingerprint density at radius 1 is 0.541 bits per heavy atom. The van der Waals surface area contributed by atoms with Crippen LogP contribution >= 0.6 is 46.4 Å². The van der Waals surface area contributed by atoms with Crippen molar-refractivity contribution in [1.82, 2.24) is 9.80 Å². The van der Waals surface area contributed by atoms with Gasteiger partial charge in [-0.25, -0.2) is 16.8 Å². The molecule has 8 atom stereocenters. The summed E-state index contributed by atoms with van der Waals surface area (Å²) in [7, 11) is -7.22. The van der Waals surface area contributed by atoms with Crippen molar-refractivity contribution in [1.29, 1.82) is 0 Å². The minimum atomic E-state index is -3.61. The molecule has 14 nitrogen and oxygen atoms in total. The highest BCUT2D eigenvalue weighted by Gasteiger charge is 2.54. The minimum Gasteiger partial charge on any atom is -0.481 e. The number of carboxylic acid groups (broad SMARTS) is 2. The van der Waals surface area contributed by atoms with E-state index in [-0.39, 0.29) is 23.3 Å². The van der Waals surface area contributed by atoms with Crippen molar-refractivity contribution >= 4 is 89.8 Å². The third-order valence-corrected chi connectivity index (χ3v) is 20.3. The van der Waals surface area contributed by atoms with Crippen molar-refractivity contribution in [3.05, 3.63) is 139 Å². The van der Waals surface area contributed by atoms with Gasteiger partial charge in [0, 0.05) is 32.2 Å². The normalized spacial score (nSPS) is 23.6. The van der Waals surface area contributed by atoms with Crippen LogP contribution < -0.4 is 0 Å². The molecular weight excluding hydrogens is 1070 g/mol. The molecule has 0 bridgehead atoms. The maximum absolute atomic E-state index is 14.0. The number of morpholine rings is 2. The van der Waals surface area contributed by atoms with Gasteiger partial charge in [-0.2, -0.15) is 0 Å². The summed E-state index contributed by atoms with van der Waals surface area (Å²) in [4.78, 5) is 54.5. The lowest BCUT2D eigenvalue weighted by Gasteiger charge is -2.48. The van der Waals surface area contributed by atoms with Crippen LogP contribution in [-0.2, 0) is 48.3 Å². The van der Waals surface area contributed by atoms with Gasteiger partial charge in [-0.05, 0) is 150 Å². The van der Waals surface area contributed by atoms with E-state index in [1.54, 1.807) is 136 Å². The maximum atomic E-state index is 14.0. The lowest BCUT2D eigenvalue weighted by molar-refractivity contribution is -0.183. The van der Waals surface area contributed by atoms with Gasteiger partial charge in [-0.3, -0.25) is 19.2 Å². The molecule has 2 saturated heterocycles. The van der Waals surface area contributed by atoms with Gasteiger partial charge in [-0.15, -0.1) is 0 Å². The summed E-state index contributed by atoms with van der Waals surface area (Å²) in [5.74, 6) is -3.89. The number of benzene rings is 4. The maximum Gasteiger partial charge on any atom is 0.306 e. The first kappa shape index (κ1) is 57.4. The quantitative estimate of drug-likeness (QED) is 0.108. The molecule has 4 aromatic carbocycles. The number of carbonyl (C=O) groups excluding carboxylic acids is 2. The molecule has 2 N–H and O–H groups in total.